The highest BCUT2D eigenvalue weighted by Crippen LogP contribution is 2.32. The zero-order chi connectivity index (χ0) is 12.1. The van der Waals surface area contributed by atoms with Gasteiger partial charge in [0.1, 0.15) is 0 Å². The average Bonchev–Trinajstić information content (AvgIpc) is 2.20. The Morgan fingerprint density at radius 1 is 1.44 bits per heavy atom. The van der Waals surface area contributed by atoms with E-state index < -0.39 is 0 Å². The molecule has 0 aliphatic heterocycles. The smallest absolute Gasteiger partial charge is 0.160 e. The lowest BCUT2D eigenvalue weighted by atomic mass is 10.2. The van der Waals surface area contributed by atoms with E-state index in [0.717, 1.165) is 23.1 Å². The highest BCUT2D eigenvalue weighted by molar-refractivity contribution is 9.10. The van der Waals surface area contributed by atoms with Gasteiger partial charge in [0.05, 0.1) is 7.11 Å². The van der Waals surface area contributed by atoms with Crippen molar-refractivity contribution in [3.8, 4) is 11.5 Å². The number of hydrogen-bond donors (Lipinski definition) is 2. The Morgan fingerprint density at radius 3 is 2.69 bits per heavy atom. The van der Waals surface area contributed by atoms with Crippen LogP contribution in [0.15, 0.2) is 16.6 Å². The molecule has 0 spiro atoms. The largest absolute Gasteiger partial charge is 0.504 e. The van der Waals surface area contributed by atoms with Crippen LogP contribution in [0.3, 0.4) is 0 Å². The highest BCUT2D eigenvalue weighted by Gasteiger charge is 2.07. The minimum absolute atomic E-state index is 0.155. The van der Waals surface area contributed by atoms with Crippen LogP contribution < -0.4 is 10.1 Å². The van der Waals surface area contributed by atoms with E-state index in [0.29, 0.717) is 11.7 Å². The summed E-state index contributed by atoms with van der Waals surface area (Å²) >= 11 is 3.42. The number of phenolic OH excluding ortho intramolecular Hbond substituents is 1. The fraction of sp³-hybridized carbons (Fsp3) is 0.500. The van der Waals surface area contributed by atoms with Gasteiger partial charge in [0.15, 0.2) is 11.5 Å². The third-order valence-electron chi connectivity index (χ3n) is 2.22. The topological polar surface area (TPSA) is 41.5 Å². The van der Waals surface area contributed by atoms with Crippen LogP contribution in [0.1, 0.15) is 19.4 Å². The Labute approximate surface area is 105 Å². The van der Waals surface area contributed by atoms with E-state index in [9.17, 15) is 5.11 Å². The number of aromatic hydroxyl groups is 1. The fourth-order valence-corrected chi connectivity index (χ4v) is 1.85. The first-order valence-electron chi connectivity index (χ1n) is 5.30. The summed E-state index contributed by atoms with van der Waals surface area (Å²) in [5, 5.41) is 12.9. The number of benzene rings is 1. The van der Waals surface area contributed by atoms with Gasteiger partial charge in [-0.25, -0.2) is 0 Å². The molecular weight excluding hydrogens is 270 g/mol. The Bertz CT molecular complexity index is 353. The zero-order valence-electron chi connectivity index (χ0n) is 9.88. The van der Waals surface area contributed by atoms with E-state index in [4.69, 9.17) is 4.74 Å². The Morgan fingerprint density at radius 2 is 2.12 bits per heavy atom. The third kappa shape index (κ3) is 3.68. The molecule has 0 saturated carbocycles. The van der Waals surface area contributed by atoms with Crippen molar-refractivity contribution in [2.24, 2.45) is 5.92 Å². The van der Waals surface area contributed by atoms with Gasteiger partial charge in [-0.1, -0.05) is 29.8 Å². The summed E-state index contributed by atoms with van der Waals surface area (Å²) in [6.07, 6.45) is 0. The van der Waals surface area contributed by atoms with Gasteiger partial charge in [0.2, 0.25) is 0 Å². The van der Waals surface area contributed by atoms with Crippen LogP contribution in [0.5, 0.6) is 11.5 Å². The van der Waals surface area contributed by atoms with E-state index in [1.54, 1.807) is 13.2 Å². The maximum Gasteiger partial charge on any atom is 0.160 e. The molecule has 0 atom stereocenters. The Balaban J connectivity index is 2.72. The van der Waals surface area contributed by atoms with Crippen molar-refractivity contribution in [3.63, 3.8) is 0 Å². The summed E-state index contributed by atoms with van der Waals surface area (Å²) < 4.78 is 5.96. The van der Waals surface area contributed by atoms with E-state index >= 15 is 0 Å². The maximum atomic E-state index is 9.55. The van der Waals surface area contributed by atoms with Crippen molar-refractivity contribution >= 4 is 15.9 Å². The summed E-state index contributed by atoms with van der Waals surface area (Å²) in [4.78, 5) is 0. The molecular formula is C12H18BrNO2. The molecule has 0 aliphatic carbocycles. The van der Waals surface area contributed by atoms with Crippen LogP contribution >= 0.6 is 15.9 Å². The number of ether oxygens (including phenoxy) is 1. The van der Waals surface area contributed by atoms with Gasteiger partial charge in [-0.3, -0.25) is 0 Å². The Hall–Kier alpha value is -0.740. The van der Waals surface area contributed by atoms with Crippen molar-refractivity contribution in [1.29, 1.82) is 0 Å². The molecule has 0 aliphatic rings. The third-order valence-corrected chi connectivity index (χ3v) is 2.95. The molecule has 0 aromatic heterocycles. The average molecular weight is 288 g/mol. The number of rotatable bonds is 5. The second kappa shape index (κ2) is 6.11. The second-order valence-electron chi connectivity index (χ2n) is 4.14. The van der Waals surface area contributed by atoms with Crippen molar-refractivity contribution in [2.75, 3.05) is 13.7 Å². The van der Waals surface area contributed by atoms with E-state index in [-0.39, 0.29) is 5.75 Å². The first kappa shape index (κ1) is 13.3. The summed E-state index contributed by atoms with van der Waals surface area (Å²) in [6.45, 7) is 6.06. The summed E-state index contributed by atoms with van der Waals surface area (Å²) in [5.41, 5.74) is 1.08. The predicted octanol–water partition coefficient (Wildman–Crippen LogP) is 2.91. The minimum Gasteiger partial charge on any atom is -0.504 e. The van der Waals surface area contributed by atoms with Gasteiger partial charge in [-0.05, 0) is 30.2 Å². The van der Waals surface area contributed by atoms with Crippen molar-refractivity contribution < 1.29 is 9.84 Å². The molecule has 1 aromatic rings. The quantitative estimate of drug-likeness (QED) is 0.875. The van der Waals surface area contributed by atoms with Crippen LogP contribution in [-0.4, -0.2) is 18.8 Å². The Kier molecular flexibility index (Phi) is 5.09. The molecule has 0 radical (unpaired) electrons. The zero-order valence-corrected chi connectivity index (χ0v) is 11.5. The molecule has 0 amide bonds. The molecule has 0 fully saturated rings. The first-order valence-corrected chi connectivity index (χ1v) is 6.10. The van der Waals surface area contributed by atoms with Gasteiger partial charge in [-0.2, -0.15) is 0 Å². The fourth-order valence-electron chi connectivity index (χ4n) is 1.38. The summed E-state index contributed by atoms with van der Waals surface area (Å²) in [6, 6.07) is 3.50. The van der Waals surface area contributed by atoms with Crippen LogP contribution in [-0.2, 0) is 6.54 Å². The first-order chi connectivity index (χ1) is 7.54. The van der Waals surface area contributed by atoms with Gasteiger partial charge in [0, 0.05) is 11.0 Å². The molecule has 0 saturated heterocycles. The van der Waals surface area contributed by atoms with Crippen molar-refractivity contribution in [1.82, 2.24) is 5.32 Å². The molecule has 2 N–H and O–H groups in total. The van der Waals surface area contributed by atoms with Crippen LogP contribution in [0.4, 0.5) is 0 Å². The predicted molar refractivity (Wildman–Crippen MR) is 68.9 cm³/mol. The lowest BCUT2D eigenvalue weighted by molar-refractivity contribution is 0.372. The molecule has 90 valence electrons. The number of methoxy groups -OCH3 is 1. The van der Waals surface area contributed by atoms with Gasteiger partial charge >= 0.3 is 0 Å². The van der Waals surface area contributed by atoms with E-state index in [2.05, 4.69) is 35.1 Å². The van der Waals surface area contributed by atoms with Crippen molar-refractivity contribution in [2.45, 2.75) is 20.4 Å². The monoisotopic (exact) mass is 287 g/mol. The lowest BCUT2D eigenvalue weighted by Crippen LogP contribution is -2.19. The normalized spacial score (nSPS) is 10.8. The van der Waals surface area contributed by atoms with Crippen LogP contribution in [0, 0.1) is 5.92 Å². The number of phenols is 1. The molecule has 3 nitrogen and oxygen atoms in total. The summed E-state index contributed by atoms with van der Waals surface area (Å²) in [5.74, 6) is 1.28. The molecule has 4 heteroatoms. The minimum atomic E-state index is 0.155. The van der Waals surface area contributed by atoms with Gasteiger partial charge < -0.3 is 15.2 Å². The van der Waals surface area contributed by atoms with Crippen molar-refractivity contribution in [3.05, 3.63) is 22.2 Å². The van der Waals surface area contributed by atoms with Crippen LogP contribution in [0.2, 0.25) is 0 Å². The second-order valence-corrected chi connectivity index (χ2v) is 4.99. The highest BCUT2D eigenvalue weighted by atomic mass is 79.9. The van der Waals surface area contributed by atoms with Crippen LogP contribution in [0.25, 0.3) is 0 Å². The standard InChI is InChI=1S/C12H18BrNO2/c1-8(2)6-14-7-9-4-12(16-3)11(15)5-10(9)13/h4-5,8,14-15H,6-7H2,1-3H3. The van der Waals surface area contributed by atoms with Gasteiger partial charge in [0.25, 0.3) is 0 Å². The summed E-state index contributed by atoms with van der Waals surface area (Å²) in [7, 11) is 1.55. The number of hydrogen-bond acceptors (Lipinski definition) is 3. The molecule has 1 aromatic carbocycles. The lowest BCUT2D eigenvalue weighted by Gasteiger charge is -2.11. The van der Waals surface area contributed by atoms with E-state index in [1.807, 2.05) is 6.07 Å². The van der Waals surface area contributed by atoms with E-state index in [1.165, 1.54) is 0 Å². The molecule has 16 heavy (non-hydrogen) atoms. The number of nitrogens with one attached hydrogen (secondary N) is 1. The number of halogens is 1. The molecule has 0 unspecified atom stereocenters. The van der Waals surface area contributed by atoms with Gasteiger partial charge in [-0.15, -0.1) is 0 Å². The molecule has 1 rings (SSSR count). The molecule has 0 heterocycles. The maximum absolute atomic E-state index is 9.55. The SMILES string of the molecule is COc1cc(CNCC(C)C)c(Br)cc1O. The molecule has 0 bridgehead atoms.